The maximum Gasteiger partial charge on any atom is 0.0716 e. The molecule has 12 rings (SSSR count). The van der Waals surface area contributed by atoms with Crippen LogP contribution in [0, 0.1) is 0 Å². The van der Waals surface area contributed by atoms with E-state index in [1.165, 1.54) is 60.1 Å². The Kier molecular flexibility index (Phi) is 8.86. The highest BCUT2D eigenvalue weighted by Gasteiger charge is 2.19. The summed E-state index contributed by atoms with van der Waals surface area (Å²) in [5.41, 5.74) is 16.7. The first-order valence-electron chi connectivity index (χ1n) is 21.6. The highest BCUT2D eigenvalue weighted by atomic mass is 15.0. The molecule has 0 aliphatic carbocycles. The Hall–Kier alpha value is -8.33. The molecule has 0 aliphatic heterocycles. The predicted molar refractivity (Wildman–Crippen MR) is 266 cm³/mol. The smallest absolute Gasteiger partial charge is 0.0716 e. The quantitative estimate of drug-likeness (QED) is 0.147. The maximum absolute atomic E-state index is 5.54. The molecule has 63 heavy (non-hydrogen) atoms. The lowest BCUT2D eigenvalue weighted by Crippen LogP contribution is -1.98. The Morgan fingerprint density at radius 1 is 0.254 bits per heavy atom. The summed E-state index contributed by atoms with van der Waals surface area (Å²) in [6.07, 6.45) is 0. The van der Waals surface area contributed by atoms with E-state index in [0.717, 1.165) is 55.9 Å². The molecule has 0 radical (unpaired) electrons. The van der Waals surface area contributed by atoms with Gasteiger partial charge in [0.25, 0.3) is 0 Å². The second-order valence-corrected chi connectivity index (χ2v) is 16.3. The van der Waals surface area contributed by atoms with Crippen LogP contribution in [0.2, 0.25) is 0 Å². The van der Waals surface area contributed by atoms with Crippen molar-refractivity contribution in [3.63, 3.8) is 0 Å². The van der Waals surface area contributed by atoms with E-state index in [1.807, 2.05) is 0 Å². The fourth-order valence-electron chi connectivity index (χ4n) is 9.48. The largest absolute Gasteiger partial charge is 0.309 e. The lowest BCUT2D eigenvalue weighted by Gasteiger charge is -2.17. The monoisotopic (exact) mass is 800 g/mol. The fourth-order valence-corrected chi connectivity index (χ4v) is 9.48. The molecule has 0 bridgehead atoms. The normalized spacial score (nSPS) is 11.5. The SMILES string of the molecule is c1ccc(-c2ccc(-c3cc(-c4ccccc4)cc(-c4cc(-c5cc6ccccc6c6ccccc56)cc(-n5c6ccccc6c6ccc(-c7ccccc7)cc65)c4)n3)cc2)cc1. The van der Waals surface area contributed by atoms with E-state index in [2.05, 4.69) is 247 Å². The highest BCUT2D eigenvalue weighted by molar-refractivity contribution is 6.14. The van der Waals surface area contributed by atoms with Crippen LogP contribution in [0.1, 0.15) is 0 Å². The van der Waals surface area contributed by atoms with Crippen molar-refractivity contribution in [2.45, 2.75) is 0 Å². The van der Waals surface area contributed by atoms with Gasteiger partial charge in [0.05, 0.1) is 22.4 Å². The van der Waals surface area contributed by atoms with Gasteiger partial charge in [0.1, 0.15) is 0 Å². The second kappa shape index (κ2) is 15.3. The average molecular weight is 801 g/mol. The summed E-state index contributed by atoms with van der Waals surface area (Å²) in [5, 5.41) is 7.38. The fraction of sp³-hybridized carbons (Fsp3) is 0. The summed E-state index contributed by atoms with van der Waals surface area (Å²) in [6, 6.07) is 87.9. The minimum absolute atomic E-state index is 0.914. The molecule has 2 heteroatoms. The molecule has 12 aromatic rings. The summed E-state index contributed by atoms with van der Waals surface area (Å²) in [5.74, 6) is 0. The summed E-state index contributed by atoms with van der Waals surface area (Å²) in [7, 11) is 0. The molecule has 0 amide bonds. The van der Waals surface area contributed by atoms with Crippen LogP contribution in [-0.4, -0.2) is 9.55 Å². The number of hydrogen-bond donors (Lipinski definition) is 0. The molecule has 0 aliphatic rings. The summed E-state index contributed by atoms with van der Waals surface area (Å²) >= 11 is 0. The van der Waals surface area contributed by atoms with Gasteiger partial charge in [-0.1, -0.05) is 194 Å². The number of para-hydroxylation sites is 1. The number of pyridine rings is 1. The summed E-state index contributed by atoms with van der Waals surface area (Å²) in [6.45, 7) is 0. The number of aromatic nitrogens is 2. The van der Waals surface area contributed by atoms with Crippen LogP contribution in [0.4, 0.5) is 0 Å². The van der Waals surface area contributed by atoms with Crippen LogP contribution in [0.15, 0.2) is 243 Å². The number of benzene rings is 10. The molecule has 0 saturated carbocycles. The van der Waals surface area contributed by atoms with Crippen LogP contribution in [0.3, 0.4) is 0 Å². The van der Waals surface area contributed by atoms with Crippen molar-refractivity contribution < 1.29 is 0 Å². The molecule has 0 saturated heterocycles. The Bertz CT molecular complexity index is 3640. The molecule has 2 nitrogen and oxygen atoms in total. The van der Waals surface area contributed by atoms with Gasteiger partial charge >= 0.3 is 0 Å². The Morgan fingerprint density at radius 3 is 1.46 bits per heavy atom. The highest BCUT2D eigenvalue weighted by Crippen LogP contribution is 2.41. The first-order chi connectivity index (χ1) is 31.2. The molecule has 0 fully saturated rings. The van der Waals surface area contributed by atoms with Gasteiger partial charge in [0.2, 0.25) is 0 Å². The van der Waals surface area contributed by atoms with Gasteiger partial charge < -0.3 is 4.57 Å². The van der Waals surface area contributed by atoms with Crippen LogP contribution in [0.5, 0.6) is 0 Å². The third-order valence-corrected chi connectivity index (χ3v) is 12.6. The van der Waals surface area contributed by atoms with Crippen molar-refractivity contribution in [1.29, 1.82) is 0 Å². The number of nitrogens with zero attached hydrogens (tertiary/aromatic N) is 2. The molecular formula is C61H40N2. The van der Waals surface area contributed by atoms with Crippen molar-refractivity contribution in [2.75, 3.05) is 0 Å². The Morgan fingerprint density at radius 2 is 0.746 bits per heavy atom. The van der Waals surface area contributed by atoms with Gasteiger partial charge in [-0.25, -0.2) is 4.98 Å². The molecule has 294 valence electrons. The minimum atomic E-state index is 0.914. The van der Waals surface area contributed by atoms with E-state index in [9.17, 15) is 0 Å². The lowest BCUT2D eigenvalue weighted by atomic mass is 9.91. The van der Waals surface area contributed by atoms with E-state index in [-0.39, 0.29) is 0 Å². The third kappa shape index (κ3) is 6.57. The summed E-state index contributed by atoms with van der Waals surface area (Å²) in [4.78, 5) is 5.54. The van der Waals surface area contributed by atoms with Gasteiger partial charge in [-0.3, -0.25) is 0 Å². The zero-order valence-corrected chi connectivity index (χ0v) is 34.5. The standard InChI is InChI=1S/C61H40N2/c1-4-16-41(17-5-1)44-28-30-45(31-29-44)58-38-48(43-20-8-3-9-21-43)39-59(62-58)50-34-49(57-37-47-22-10-11-23-52(47)53-24-12-13-25-54(53)57)35-51(36-50)63-60-27-15-14-26-55(60)56-33-32-46(40-61(56)63)42-18-6-2-7-19-42/h1-40H. The van der Waals surface area contributed by atoms with E-state index >= 15 is 0 Å². The zero-order valence-electron chi connectivity index (χ0n) is 34.5. The van der Waals surface area contributed by atoms with Gasteiger partial charge in [-0.2, -0.15) is 0 Å². The third-order valence-electron chi connectivity index (χ3n) is 12.6. The minimum Gasteiger partial charge on any atom is -0.309 e. The van der Waals surface area contributed by atoms with Crippen LogP contribution in [0.25, 0.3) is 116 Å². The van der Waals surface area contributed by atoms with Crippen molar-refractivity contribution in [2.24, 2.45) is 0 Å². The van der Waals surface area contributed by atoms with Crippen LogP contribution < -0.4 is 0 Å². The van der Waals surface area contributed by atoms with Crippen molar-refractivity contribution >= 4 is 43.4 Å². The molecule has 10 aromatic carbocycles. The van der Waals surface area contributed by atoms with Gasteiger partial charge in [-0.05, 0) is 115 Å². The molecule has 2 aromatic heterocycles. The van der Waals surface area contributed by atoms with E-state index in [0.29, 0.717) is 0 Å². The van der Waals surface area contributed by atoms with Gasteiger partial charge in [-0.15, -0.1) is 0 Å². The number of fused-ring (bicyclic) bond motifs is 6. The molecule has 0 unspecified atom stereocenters. The first kappa shape index (κ1) is 36.5. The van der Waals surface area contributed by atoms with E-state index < -0.39 is 0 Å². The first-order valence-corrected chi connectivity index (χ1v) is 21.6. The Labute approximate surface area is 366 Å². The number of rotatable bonds is 7. The van der Waals surface area contributed by atoms with Crippen LogP contribution >= 0.6 is 0 Å². The maximum atomic E-state index is 5.54. The lowest BCUT2D eigenvalue weighted by molar-refractivity contribution is 1.18. The average Bonchev–Trinajstić information content (AvgIpc) is 3.70. The molecule has 0 atom stereocenters. The van der Waals surface area contributed by atoms with Crippen molar-refractivity contribution in [1.82, 2.24) is 9.55 Å². The number of hydrogen-bond acceptors (Lipinski definition) is 1. The van der Waals surface area contributed by atoms with Crippen molar-refractivity contribution in [3.8, 4) is 72.7 Å². The van der Waals surface area contributed by atoms with E-state index in [4.69, 9.17) is 4.98 Å². The molecule has 0 spiro atoms. The van der Waals surface area contributed by atoms with Crippen molar-refractivity contribution in [3.05, 3.63) is 243 Å². The molecule has 2 heterocycles. The zero-order chi connectivity index (χ0) is 41.7. The predicted octanol–water partition coefficient (Wildman–Crippen LogP) is 16.5. The second-order valence-electron chi connectivity index (χ2n) is 16.3. The summed E-state index contributed by atoms with van der Waals surface area (Å²) < 4.78 is 2.46. The van der Waals surface area contributed by atoms with Gasteiger partial charge in [0, 0.05) is 27.6 Å². The van der Waals surface area contributed by atoms with E-state index in [1.54, 1.807) is 0 Å². The molecular weight excluding hydrogens is 761 g/mol. The van der Waals surface area contributed by atoms with Crippen LogP contribution in [-0.2, 0) is 0 Å². The van der Waals surface area contributed by atoms with Gasteiger partial charge in [0.15, 0.2) is 0 Å². The Balaban J connectivity index is 1.14. The topological polar surface area (TPSA) is 17.8 Å². The molecule has 0 N–H and O–H groups in total.